The topological polar surface area (TPSA) is 141 Å². The van der Waals surface area contributed by atoms with Gasteiger partial charge in [-0.1, -0.05) is 59.3 Å². The SMILES string of the molecule is CCOC(=O)C1=C(c2ccccc2)N=c2s/c(=C\c3cc(Cl)c(OCc4ccc([N+](=O)[O-])cc4)c(OC)c3)c(=O)n2[C@H]1c1ccc(OC)c(OC)c1. The number of halogens is 1. The highest BCUT2D eigenvalue weighted by atomic mass is 35.5. The Morgan fingerprint density at radius 2 is 1.67 bits per heavy atom. The molecule has 0 N–H and O–H groups in total. The summed E-state index contributed by atoms with van der Waals surface area (Å²) in [4.78, 5) is 44.0. The van der Waals surface area contributed by atoms with Gasteiger partial charge in [0.05, 0.1) is 59.7 Å². The predicted octanol–water partition coefficient (Wildman–Crippen LogP) is 6.10. The van der Waals surface area contributed by atoms with Crippen LogP contribution in [0, 0.1) is 10.1 Å². The second-order valence-corrected chi connectivity index (χ2v) is 12.7. The molecule has 0 amide bonds. The standard InChI is InChI=1S/C38H32ClN3O9S/c1-5-50-37(44)32-33(24-9-7-6-8-10-24)40-38-41(34(32)25-13-16-28(47-2)29(20-25)48-3)36(43)31(52-38)19-23-17-27(39)35(30(18-23)49-4)51-21-22-11-14-26(15-12-22)42(45)46/h6-20,34H,5,21H2,1-4H3/b31-19-/t34-/m0/s1. The van der Waals surface area contributed by atoms with Gasteiger partial charge in [-0.05, 0) is 66.1 Å². The summed E-state index contributed by atoms with van der Waals surface area (Å²) in [6.07, 6.45) is 1.67. The number of hydrogen-bond donors (Lipinski definition) is 0. The Labute approximate surface area is 306 Å². The number of nitrogens with zero attached hydrogens (tertiary/aromatic N) is 3. The lowest BCUT2D eigenvalue weighted by molar-refractivity contribution is -0.384. The van der Waals surface area contributed by atoms with Crippen LogP contribution in [0.4, 0.5) is 5.69 Å². The molecule has 266 valence electrons. The van der Waals surface area contributed by atoms with Crippen molar-refractivity contribution in [2.24, 2.45) is 4.99 Å². The van der Waals surface area contributed by atoms with E-state index in [9.17, 15) is 19.7 Å². The molecule has 0 aliphatic carbocycles. The van der Waals surface area contributed by atoms with Crippen LogP contribution in [-0.4, -0.2) is 43.4 Å². The summed E-state index contributed by atoms with van der Waals surface area (Å²) in [7, 11) is 4.50. The molecular formula is C38H32ClN3O9S. The number of carbonyl (C=O) groups excluding carboxylic acids is 1. The van der Waals surface area contributed by atoms with E-state index >= 15 is 0 Å². The molecule has 14 heteroatoms. The number of ether oxygens (including phenoxy) is 5. The smallest absolute Gasteiger partial charge is 0.338 e. The molecule has 0 unspecified atom stereocenters. The van der Waals surface area contributed by atoms with Crippen molar-refractivity contribution in [1.29, 1.82) is 0 Å². The highest BCUT2D eigenvalue weighted by Crippen LogP contribution is 2.39. The molecule has 1 aliphatic heterocycles. The fraction of sp³-hybridized carbons (Fsp3) is 0.184. The number of carbonyl (C=O) groups is 1. The molecule has 2 heterocycles. The summed E-state index contributed by atoms with van der Waals surface area (Å²) >= 11 is 7.84. The molecule has 0 radical (unpaired) electrons. The van der Waals surface area contributed by atoms with E-state index in [1.165, 1.54) is 38.0 Å². The van der Waals surface area contributed by atoms with Gasteiger partial charge in [0.1, 0.15) is 6.61 Å². The second kappa shape index (κ2) is 15.5. The monoisotopic (exact) mass is 741 g/mol. The number of rotatable bonds is 12. The average Bonchev–Trinajstić information content (AvgIpc) is 3.47. The first-order valence-corrected chi connectivity index (χ1v) is 17.1. The third-order valence-corrected chi connectivity index (χ3v) is 9.44. The second-order valence-electron chi connectivity index (χ2n) is 11.3. The highest BCUT2D eigenvalue weighted by molar-refractivity contribution is 7.07. The maximum Gasteiger partial charge on any atom is 0.338 e. The summed E-state index contributed by atoms with van der Waals surface area (Å²) in [5.41, 5.74) is 2.64. The van der Waals surface area contributed by atoms with E-state index in [1.54, 1.807) is 55.5 Å². The van der Waals surface area contributed by atoms with Gasteiger partial charge in [-0.15, -0.1) is 0 Å². The van der Waals surface area contributed by atoms with Crippen LogP contribution in [0.25, 0.3) is 11.8 Å². The minimum atomic E-state index is -0.930. The van der Waals surface area contributed by atoms with Gasteiger partial charge in [0.15, 0.2) is 27.8 Å². The minimum Gasteiger partial charge on any atom is -0.493 e. The maximum absolute atomic E-state index is 14.4. The summed E-state index contributed by atoms with van der Waals surface area (Å²) < 4.78 is 30.0. The number of benzene rings is 4. The van der Waals surface area contributed by atoms with Gasteiger partial charge in [-0.2, -0.15) is 0 Å². The number of methoxy groups -OCH3 is 3. The van der Waals surface area contributed by atoms with Crippen LogP contribution >= 0.6 is 22.9 Å². The number of nitro benzene ring substituents is 1. The molecule has 6 rings (SSSR count). The molecule has 4 aromatic carbocycles. The largest absolute Gasteiger partial charge is 0.493 e. The van der Waals surface area contributed by atoms with E-state index < -0.39 is 22.5 Å². The van der Waals surface area contributed by atoms with Crippen molar-refractivity contribution < 1.29 is 33.4 Å². The van der Waals surface area contributed by atoms with Crippen LogP contribution in [0.1, 0.15) is 35.2 Å². The Bertz CT molecular complexity index is 2370. The van der Waals surface area contributed by atoms with Crippen molar-refractivity contribution in [3.05, 3.63) is 148 Å². The van der Waals surface area contributed by atoms with Crippen molar-refractivity contribution in [3.8, 4) is 23.0 Å². The molecule has 0 bridgehead atoms. The molecule has 0 spiro atoms. The quantitative estimate of drug-likeness (QED) is 0.0843. The summed E-state index contributed by atoms with van der Waals surface area (Å²) in [5.74, 6) is 0.865. The molecule has 1 atom stereocenters. The molecule has 12 nitrogen and oxygen atoms in total. The van der Waals surface area contributed by atoms with E-state index in [0.717, 1.165) is 11.3 Å². The third-order valence-electron chi connectivity index (χ3n) is 8.18. The van der Waals surface area contributed by atoms with Crippen molar-refractivity contribution in [1.82, 2.24) is 4.57 Å². The number of hydrogen-bond acceptors (Lipinski definition) is 11. The van der Waals surface area contributed by atoms with Crippen molar-refractivity contribution in [2.45, 2.75) is 19.6 Å². The first-order valence-electron chi connectivity index (χ1n) is 15.9. The molecular weight excluding hydrogens is 710 g/mol. The Hall–Kier alpha value is -5.92. The molecule has 1 aromatic heterocycles. The predicted molar refractivity (Wildman–Crippen MR) is 196 cm³/mol. The van der Waals surface area contributed by atoms with Gasteiger partial charge < -0.3 is 23.7 Å². The highest BCUT2D eigenvalue weighted by Gasteiger charge is 2.35. The summed E-state index contributed by atoms with van der Waals surface area (Å²) in [5, 5.41) is 11.2. The van der Waals surface area contributed by atoms with E-state index in [-0.39, 0.29) is 35.2 Å². The first kappa shape index (κ1) is 35.9. The van der Waals surface area contributed by atoms with Gasteiger partial charge in [-0.3, -0.25) is 19.5 Å². The van der Waals surface area contributed by atoms with Crippen molar-refractivity contribution in [2.75, 3.05) is 27.9 Å². The summed E-state index contributed by atoms with van der Waals surface area (Å²) in [6, 6.07) is 22.8. The van der Waals surface area contributed by atoms with Gasteiger partial charge in [0, 0.05) is 17.7 Å². The van der Waals surface area contributed by atoms with Gasteiger partial charge in [-0.25, -0.2) is 9.79 Å². The van der Waals surface area contributed by atoms with Gasteiger partial charge in [0.2, 0.25) is 0 Å². The Morgan fingerprint density at radius 1 is 0.962 bits per heavy atom. The number of nitro groups is 1. The fourth-order valence-electron chi connectivity index (χ4n) is 5.76. The van der Waals surface area contributed by atoms with Crippen LogP contribution in [0.2, 0.25) is 5.02 Å². The van der Waals surface area contributed by atoms with Gasteiger partial charge in [0.25, 0.3) is 11.2 Å². The van der Waals surface area contributed by atoms with Crippen LogP contribution in [0.15, 0.2) is 100 Å². The zero-order valence-corrected chi connectivity index (χ0v) is 30.0. The van der Waals surface area contributed by atoms with E-state index in [1.807, 2.05) is 30.3 Å². The lowest BCUT2D eigenvalue weighted by Gasteiger charge is -2.26. The van der Waals surface area contributed by atoms with Crippen LogP contribution in [0.3, 0.4) is 0 Å². The lowest BCUT2D eigenvalue weighted by Crippen LogP contribution is -2.40. The van der Waals surface area contributed by atoms with Crippen LogP contribution < -0.4 is 33.8 Å². The summed E-state index contributed by atoms with van der Waals surface area (Å²) in [6.45, 7) is 1.91. The molecule has 0 fully saturated rings. The molecule has 0 saturated carbocycles. The number of non-ortho nitro benzene ring substituents is 1. The van der Waals surface area contributed by atoms with Crippen LogP contribution in [-0.2, 0) is 16.1 Å². The zero-order chi connectivity index (χ0) is 36.9. The lowest BCUT2D eigenvalue weighted by atomic mass is 9.93. The number of fused-ring (bicyclic) bond motifs is 1. The zero-order valence-electron chi connectivity index (χ0n) is 28.5. The first-order chi connectivity index (χ1) is 25.2. The molecule has 52 heavy (non-hydrogen) atoms. The normalized spacial score (nSPS) is 13.9. The van der Waals surface area contributed by atoms with Crippen molar-refractivity contribution >= 4 is 46.4 Å². The number of thiazole rings is 1. The maximum atomic E-state index is 14.4. The van der Waals surface area contributed by atoms with Gasteiger partial charge >= 0.3 is 5.97 Å². The fourth-order valence-corrected chi connectivity index (χ4v) is 7.04. The molecule has 0 saturated heterocycles. The van der Waals surface area contributed by atoms with E-state index in [0.29, 0.717) is 54.5 Å². The Morgan fingerprint density at radius 3 is 2.33 bits per heavy atom. The Kier molecular flexibility index (Phi) is 10.7. The average molecular weight is 742 g/mol. The van der Waals surface area contributed by atoms with Crippen LogP contribution in [0.5, 0.6) is 23.0 Å². The molecule has 5 aromatic rings. The van der Waals surface area contributed by atoms with Crippen molar-refractivity contribution in [3.63, 3.8) is 0 Å². The van der Waals surface area contributed by atoms with E-state index in [2.05, 4.69) is 0 Å². The van der Waals surface area contributed by atoms with E-state index in [4.69, 9.17) is 40.3 Å². The Balaban J connectivity index is 1.48. The number of aromatic nitrogens is 1. The molecule has 1 aliphatic rings. The third kappa shape index (κ3) is 7.13. The number of esters is 1. The minimum absolute atomic E-state index is 0.0301.